The van der Waals surface area contributed by atoms with E-state index in [1.54, 1.807) is 130 Å². The number of nitrogens with one attached hydrogen (secondary N) is 4. The Morgan fingerprint density at radius 3 is 1.04 bits per heavy atom. The van der Waals surface area contributed by atoms with Gasteiger partial charge in [-0.15, -0.1) is 0 Å². The second-order valence-electron chi connectivity index (χ2n) is 32.3. The summed E-state index contributed by atoms with van der Waals surface area (Å²) in [6.45, 7) is 30.3. The third-order valence-electron chi connectivity index (χ3n) is 18.7. The molecule has 124 heavy (non-hydrogen) atoms. The minimum Gasteiger partial charge on any atom is -0.619 e. The van der Waals surface area contributed by atoms with Crippen LogP contribution >= 0.6 is 46.4 Å². The molecule has 0 bridgehead atoms. The summed E-state index contributed by atoms with van der Waals surface area (Å²) in [6.07, 6.45) is 10.5. The van der Waals surface area contributed by atoms with Crippen molar-refractivity contribution in [2.45, 2.75) is 145 Å². The molecule has 0 saturated heterocycles. The summed E-state index contributed by atoms with van der Waals surface area (Å²) in [5.41, 5.74) is 5.93. The van der Waals surface area contributed by atoms with Gasteiger partial charge in [0.05, 0.1) is 69.0 Å². The van der Waals surface area contributed by atoms with Crippen molar-refractivity contribution in [3.05, 3.63) is 330 Å². The van der Waals surface area contributed by atoms with E-state index in [9.17, 15) is 58.1 Å². The summed E-state index contributed by atoms with van der Waals surface area (Å²) in [5.74, 6) is -1.57. The molecule has 0 spiro atoms. The molecule has 0 saturated carbocycles. The van der Waals surface area contributed by atoms with Crippen LogP contribution < -0.4 is 33.3 Å². The fourth-order valence-corrected chi connectivity index (χ4v) is 16.7. The van der Waals surface area contributed by atoms with Gasteiger partial charge in [-0.3, -0.25) is 43.1 Å². The van der Waals surface area contributed by atoms with E-state index < -0.39 is 63.4 Å². The Morgan fingerprint density at radius 1 is 0.403 bits per heavy atom. The van der Waals surface area contributed by atoms with E-state index in [2.05, 4.69) is 48.8 Å². The molecule has 0 unspecified atom stereocenters. The Balaban J connectivity index is 0.000000187. The highest BCUT2D eigenvalue weighted by Gasteiger charge is 2.30. The molecular formula is C90H92Cl4N12O14S4. The molecule has 0 aliphatic heterocycles. The summed E-state index contributed by atoms with van der Waals surface area (Å²) < 4.78 is 119. The Morgan fingerprint density at radius 2 is 0.726 bits per heavy atom. The van der Waals surface area contributed by atoms with E-state index in [0.29, 0.717) is 34.2 Å². The van der Waals surface area contributed by atoms with Crippen LogP contribution in [-0.4, -0.2) is 100 Å². The summed E-state index contributed by atoms with van der Waals surface area (Å²) in [7, 11) is -14.3. The van der Waals surface area contributed by atoms with E-state index in [1.165, 1.54) is 121 Å². The quantitative estimate of drug-likeness (QED) is 0.0278. The van der Waals surface area contributed by atoms with E-state index in [1.807, 2.05) is 96.1 Å². The number of ether oxygens (including phenoxy) is 1. The number of nitrogens with zero attached hydrogens (tertiary/aromatic N) is 8. The van der Waals surface area contributed by atoms with Crippen molar-refractivity contribution in [1.82, 2.24) is 29.9 Å². The highest BCUT2D eigenvalue weighted by atomic mass is 35.5. The zero-order valence-corrected chi connectivity index (χ0v) is 76.9. The van der Waals surface area contributed by atoms with Gasteiger partial charge in [0.2, 0.25) is 23.2 Å². The number of hydrogen-bond acceptors (Lipinski definition) is 20. The molecule has 5 aromatic carbocycles. The largest absolute Gasteiger partial charge is 0.619 e. The number of pyridine rings is 7. The Hall–Kier alpha value is -11.6. The number of carbonyl (C=O) groups excluding carboxylic acids is 4. The number of para-hydroxylation sites is 1. The van der Waals surface area contributed by atoms with Gasteiger partial charge in [0.1, 0.15) is 17.1 Å². The molecule has 7 aromatic heterocycles. The average molecular weight is 1840 g/mol. The monoisotopic (exact) mass is 1830 g/mol. The molecule has 0 aliphatic carbocycles. The maximum atomic E-state index is 13.2. The maximum Gasteiger partial charge on any atom is 0.278 e. The molecule has 0 fully saturated rings. The molecule has 7 heterocycles. The van der Waals surface area contributed by atoms with Gasteiger partial charge in [0.15, 0.2) is 18.1 Å². The molecule has 12 rings (SSSR count). The number of benzene rings is 5. The van der Waals surface area contributed by atoms with Crippen molar-refractivity contribution in [2.24, 2.45) is 0 Å². The number of amides is 1. The summed E-state index contributed by atoms with van der Waals surface area (Å²) >= 11 is 24.1. The van der Waals surface area contributed by atoms with Crippen molar-refractivity contribution < 1.29 is 62.3 Å². The van der Waals surface area contributed by atoms with Gasteiger partial charge in [0.25, 0.3) is 46.0 Å². The maximum absolute atomic E-state index is 13.2. The number of ketones is 3. The molecule has 34 heteroatoms. The molecule has 26 nitrogen and oxygen atoms in total. The van der Waals surface area contributed by atoms with Gasteiger partial charge in [0, 0.05) is 90.5 Å². The number of aromatic nitrogens is 7. The van der Waals surface area contributed by atoms with Crippen LogP contribution in [0.5, 0.6) is 5.88 Å². The van der Waals surface area contributed by atoms with Gasteiger partial charge in [-0.05, 0) is 167 Å². The number of sulfonamides is 4. The summed E-state index contributed by atoms with van der Waals surface area (Å²) in [6, 6.07) is 48.3. The van der Waals surface area contributed by atoms with Gasteiger partial charge >= 0.3 is 0 Å². The van der Waals surface area contributed by atoms with E-state index in [0.717, 1.165) is 27.8 Å². The first-order valence-corrected chi connectivity index (χ1v) is 45.6. The number of anilines is 5. The molecule has 648 valence electrons. The number of halogens is 4. The lowest BCUT2D eigenvalue weighted by atomic mass is 9.87. The van der Waals surface area contributed by atoms with Crippen LogP contribution in [0.3, 0.4) is 0 Å². The molecule has 0 aliphatic rings. The van der Waals surface area contributed by atoms with Crippen molar-refractivity contribution >= 4 is 138 Å². The first kappa shape index (κ1) is 96.2. The number of aryl methyl sites for hydroxylation is 2. The Labute approximate surface area is 743 Å². The smallest absolute Gasteiger partial charge is 0.278 e. The number of hydrogen-bond donors (Lipinski definition) is 4. The van der Waals surface area contributed by atoms with Gasteiger partial charge in [-0.1, -0.05) is 196 Å². The van der Waals surface area contributed by atoms with Crippen molar-refractivity contribution in [2.75, 3.05) is 37.4 Å². The highest BCUT2D eigenvalue weighted by molar-refractivity contribution is 7.93. The first-order valence-electron chi connectivity index (χ1n) is 38.2. The normalized spacial score (nSPS) is 11.8. The van der Waals surface area contributed by atoms with Crippen LogP contribution in [0, 0.1) is 19.1 Å². The van der Waals surface area contributed by atoms with Crippen molar-refractivity contribution in [3.8, 4) is 5.88 Å². The number of rotatable bonds is 22. The highest BCUT2D eigenvalue weighted by Crippen LogP contribution is 2.34. The topological polar surface area (TPSA) is 370 Å². The fraction of sp³-hybridized carbons (Fsp3) is 0.233. The average Bonchev–Trinajstić information content (AvgIpc) is 0.802. The van der Waals surface area contributed by atoms with Crippen LogP contribution in [0.15, 0.2) is 251 Å². The Bertz CT molecular complexity index is 6380. The summed E-state index contributed by atoms with van der Waals surface area (Å²) in [5, 5.41) is 12.0. The molecule has 0 atom stereocenters. The fourth-order valence-electron chi connectivity index (χ4n) is 11.8. The molecule has 12 aromatic rings. The minimum atomic E-state index is -3.99. The van der Waals surface area contributed by atoms with Crippen LogP contribution in [-0.2, 0) is 61.8 Å². The molecular weight excluding hydrogens is 1740 g/mol. The second-order valence-corrected chi connectivity index (χ2v) is 40.7. The van der Waals surface area contributed by atoms with Crippen molar-refractivity contribution in [1.29, 1.82) is 0 Å². The lowest BCUT2D eigenvalue weighted by Gasteiger charge is -2.20. The minimum absolute atomic E-state index is 0.0139. The lowest BCUT2D eigenvalue weighted by Crippen LogP contribution is -2.28. The van der Waals surface area contributed by atoms with Crippen LogP contribution in [0.4, 0.5) is 28.4 Å². The van der Waals surface area contributed by atoms with Gasteiger partial charge in [-0.2, -0.15) is 4.73 Å². The number of carbonyl (C=O) groups is 4. The Kier molecular flexibility index (Phi) is 30.6. The first-order chi connectivity index (χ1) is 57.9. The second kappa shape index (κ2) is 39.5. The van der Waals surface area contributed by atoms with Gasteiger partial charge < -0.3 is 14.8 Å². The molecule has 0 radical (unpaired) electrons. The lowest BCUT2D eigenvalue weighted by molar-refractivity contribution is -0.605. The third-order valence-corrected chi connectivity index (χ3v) is 25.1. The van der Waals surface area contributed by atoms with Crippen molar-refractivity contribution in [3.63, 3.8) is 0 Å². The third kappa shape index (κ3) is 25.1. The van der Waals surface area contributed by atoms with E-state index >= 15 is 0 Å². The SMILES string of the molecule is CC(C)(C)c1ccc(S(=O)(=O)Nc2cc(Cl)cnc2C(=O)c2cc[n+]([O-])cc2)cc1.CCOc1ccc(C(=O)c2ncc(Cl)cc2NS(=O)(=O)c2ccc(C(C)(C)C)cc2)cn1.CN(C(=O)c1ncc(Cl)cc1NS(=O)(=O)c1ccc(C(C)(C)C)cc1)c1ccccc1.Cc1ccnc(C)c1C(=O)c1ncc(Cl)cc1NS(=O)(=O)c1ccc(C(C)(C)C)cc1. The van der Waals surface area contributed by atoms with Crippen LogP contribution in [0.25, 0.3) is 0 Å². The zero-order valence-electron chi connectivity index (χ0n) is 70.6. The zero-order chi connectivity index (χ0) is 91.4. The standard InChI is InChI=1S/C23H24ClN3O4S.2C23H24ClN3O3S.C21H20ClN3O4S/c1-5-31-20-11-6-15(13-25-20)22(28)21-19(12-17(24)14-26-21)27-32(29,30)18-9-7-16(8-10-18)23(2,3)4;1-14-10-11-25-15(2)20(14)22(28)21-19(12-17(24)13-26-21)27-31(29,30)18-8-6-16(7-9-18)23(3,4)5;1-23(2,3)16-10-12-19(13-11-16)31(29,30)26-20-14-17(24)15-25-21(20)22(28)27(4)18-8-6-5-7-9-18;1-21(2,3)15-4-6-17(7-5-15)30(28,29)24-18-12-16(22)13-23-19(18)20(26)14-8-10-25(27)11-9-14/h6-14,27H,5H2,1-4H3;6-13,27H,1-5H3;5-15,26H,1-4H3;4-13,24H,1-3H3. The predicted octanol–water partition coefficient (Wildman–Crippen LogP) is 18.7. The van der Waals surface area contributed by atoms with Gasteiger partial charge in [-0.25, -0.2) is 58.6 Å². The van der Waals surface area contributed by atoms with E-state index in [-0.39, 0.29) is 118 Å². The molecule has 1 amide bonds. The molecule has 4 N–H and O–H groups in total. The summed E-state index contributed by atoms with van der Waals surface area (Å²) in [4.78, 5) is 78.3. The van der Waals surface area contributed by atoms with Crippen LogP contribution in [0.2, 0.25) is 20.1 Å². The predicted molar refractivity (Wildman–Crippen MR) is 485 cm³/mol. The van der Waals surface area contributed by atoms with E-state index in [4.69, 9.17) is 51.1 Å². The van der Waals surface area contributed by atoms with Crippen LogP contribution in [0.1, 0.15) is 182 Å².